The molecule has 3 atom stereocenters. The van der Waals surface area contributed by atoms with Crippen molar-refractivity contribution in [1.82, 2.24) is 5.32 Å². The summed E-state index contributed by atoms with van der Waals surface area (Å²) in [5.74, 6) is 0.471. The highest BCUT2D eigenvalue weighted by molar-refractivity contribution is 7.80. The summed E-state index contributed by atoms with van der Waals surface area (Å²) in [5.41, 5.74) is 4.57. The first-order valence-electron chi connectivity index (χ1n) is 11.6. The third-order valence-corrected chi connectivity index (χ3v) is 7.29. The number of fused-ring (bicyclic) bond motifs is 4. The van der Waals surface area contributed by atoms with Crippen molar-refractivity contribution in [2.75, 3.05) is 17.3 Å². The van der Waals surface area contributed by atoms with Gasteiger partial charge in [-0.05, 0) is 69.2 Å². The fraction of sp³-hybridized carbons (Fsp3) is 0.286. The molecule has 0 saturated carbocycles. The molecule has 1 fully saturated rings. The van der Waals surface area contributed by atoms with Gasteiger partial charge in [-0.25, -0.2) is 0 Å². The van der Waals surface area contributed by atoms with Crippen LogP contribution in [0.1, 0.15) is 35.2 Å². The summed E-state index contributed by atoms with van der Waals surface area (Å²) >= 11 is 5.86. The first-order chi connectivity index (χ1) is 16.7. The first-order valence-corrected chi connectivity index (χ1v) is 12.1. The number of methoxy groups -OCH3 is 1. The highest BCUT2D eigenvalue weighted by Gasteiger charge is 2.59. The lowest BCUT2D eigenvalue weighted by molar-refractivity contribution is -0.130. The van der Waals surface area contributed by atoms with Gasteiger partial charge in [0.25, 0.3) is 0 Å². The van der Waals surface area contributed by atoms with Gasteiger partial charge in [0, 0.05) is 16.9 Å². The van der Waals surface area contributed by atoms with Crippen molar-refractivity contribution in [3.8, 4) is 11.5 Å². The molecule has 180 valence electrons. The summed E-state index contributed by atoms with van der Waals surface area (Å²) in [6, 6.07) is 19.3. The van der Waals surface area contributed by atoms with Crippen LogP contribution in [0.4, 0.5) is 11.4 Å². The topological polar surface area (TPSA) is 62.8 Å². The number of benzene rings is 3. The number of amides is 1. The maximum Gasteiger partial charge on any atom is 0.236 e. The number of rotatable bonds is 4. The highest BCUT2D eigenvalue weighted by Crippen LogP contribution is 2.52. The Balaban J connectivity index is 1.66. The SMILES string of the molecule is COc1cccc2c1O[C@]1(C)[C@@H](C(=O)Nc3ccc(C)cc3C)[C@@H]2NC(=S)N1c1ccccc1C. The molecule has 0 radical (unpaired) electrons. The van der Waals surface area contributed by atoms with E-state index >= 15 is 0 Å². The number of carbonyl (C=O) groups is 1. The van der Waals surface area contributed by atoms with Crippen LogP contribution in [0, 0.1) is 26.7 Å². The van der Waals surface area contributed by atoms with Crippen molar-refractivity contribution in [2.24, 2.45) is 5.92 Å². The number of thiocarbonyl (C=S) groups is 1. The van der Waals surface area contributed by atoms with E-state index in [1.54, 1.807) is 7.11 Å². The van der Waals surface area contributed by atoms with Crippen molar-refractivity contribution in [3.63, 3.8) is 0 Å². The molecule has 2 aliphatic heterocycles. The fourth-order valence-corrected chi connectivity index (χ4v) is 5.68. The van der Waals surface area contributed by atoms with Crippen LogP contribution in [0.2, 0.25) is 0 Å². The minimum atomic E-state index is -1.11. The summed E-state index contributed by atoms with van der Waals surface area (Å²) < 4.78 is 12.4. The molecule has 2 heterocycles. The smallest absolute Gasteiger partial charge is 0.236 e. The molecule has 2 N–H and O–H groups in total. The summed E-state index contributed by atoms with van der Waals surface area (Å²) in [4.78, 5) is 16.0. The van der Waals surface area contributed by atoms with Gasteiger partial charge in [-0.1, -0.05) is 48.0 Å². The molecule has 0 unspecified atom stereocenters. The van der Waals surface area contributed by atoms with Crippen LogP contribution in [-0.4, -0.2) is 23.9 Å². The van der Waals surface area contributed by atoms with Crippen LogP contribution in [0.5, 0.6) is 11.5 Å². The van der Waals surface area contributed by atoms with Crippen LogP contribution in [0.25, 0.3) is 0 Å². The van der Waals surface area contributed by atoms with Crippen molar-refractivity contribution in [1.29, 1.82) is 0 Å². The highest BCUT2D eigenvalue weighted by atomic mass is 32.1. The zero-order valence-electron chi connectivity index (χ0n) is 20.5. The molecule has 0 aliphatic carbocycles. The standard InChI is InChI=1S/C28H29N3O3S/c1-16-13-14-20(18(3)15-16)29-26(32)23-24-19-10-8-12-22(33-5)25(19)34-28(23,4)31(27(35)30-24)21-11-7-6-9-17(21)2/h6-15,23-24H,1-5H3,(H,29,32)(H,30,35)/t23-,24-,28-/m1/s1. The molecule has 2 aliphatic rings. The number of hydrogen-bond acceptors (Lipinski definition) is 4. The summed E-state index contributed by atoms with van der Waals surface area (Å²) in [7, 11) is 1.62. The Hall–Kier alpha value is -3.58. The molecule has 1 amide bonds. The average Bonchev–Trinajstić information content (AvgIpc) is 2.81. The summed E-state index contributed by atoms with van der Waals surface area (Å²) in [6.45, 7) is 7.99. The van der Waals surface area contributed by atoms with E-state index in [1.165, 1.54) is 0 Å². The molecular weight excluding hydrogens is 458 g/mol. The van der Waals surface area contributed by atoms with Crippen LogP contribution >= 0.6 is 12.2 Å². The van der Waals surface area contributed by atoms with Crippen molar-refractivity contribution < 1.29 is 14.3 Å². The molecule has 35 heavy (non-hydrogen) atoms. The monoisotopic (exact) mass is 487 g/mol. The zero-order valence-corrected chi connectivity index (χ0v) is 21.3. The fourth-order valence-electron chi connectivity index (χ4n) is 5.27. The van der Waals surface area contributed by atoms with Crippen molar-refractivity contribution >= 4 is 34.6 Å². The maximum atomic E-state index is 14.0. The van der Waals surface area contributed by atoms with Crippen molar-refractivity contribution in [3.05, 3.63) is 82.9 Å². The van der Waals surface area contributed by atoms with Crippen molar-refractivity contribution in [2.45, 2.75) is 39.5 Å². The molecule has 2 bridgehead atoms. The Bertz CT molecular complexity index is 1340. The van der Waals surface area contributed by atoms with Crippen LogP contribution in [0.15, 0.2) is 60.7 Å². The Morgan fingerprint density at radius 2 is 1.86 bits per heavy atom. The first kappa shape index (κ1) is 23.2. The van der Waals surface area contributed by atoms with E-state index in [9.17, 15) is 4.79 Å². The molecule has 6 nitrogen and oxygen atoms in total. The Morgan fingerprint density at radius 1 is 1.09 bits per heavy atom. The summed E-state index contributed by atoms with van der Waals surface area (Å²) in [5, 5.41) is 7.13. The second-order valence-corrected chi connectivity index (χ2v) is 9.76. The van der Waals surface area contributed by atoms with Crippen LogP contribution in [-0.2, 0) is 4.79 Å². The molecule has 5 rings (SSSR count). The van der Waals surface area contributed by atoms with Gasteiger partial charge in [0.05, 0.1) is 13.2 Å². The second kappa shape index (κ2) is 8.57. The van der Waals surface area contributed by atoms with E-state index in [4.69, 9.17) is 21.7 Å². The second-order valence-electron chi connectivity index (χ2n) is 9.37. The molecule has 7 heteroatoms. The van der Waals surface area contributed by atoms with E-state index in [-0.39, 0.29) is 5.91 Å². The number of aryl methyl sites for hydroxylation is 3. The third-order valence-electron chi connectivity index (χ3n) is 6.99. The minimum Gasteiger partial charge on any atom is -0.493 e. The maximum absolute atomic E-state index is 14.0. The molecule has 3 aromatic rings. The molecule has 0 aromatic heterocycles. The number of carbonyl (C=O) groups excluding carboxylic acids is 1. The number of ether oxygens (including phenoxy) is 2. The predicted octanol–water partition coefficient (Wildman–Crippen LogP) is 5.42. The molecular formula is C28H29N3O3S. The average molecular weight is 488 g/mol. The lowest BCUT2D eigenvalue weighted by Gasteiger charge is -2.56. The van der Waals surface area contributed by atoms with E-state index in [0.717, 1.165) is 33.6 Å². The Kier molecular flexibility index (Phi) is 5.68. The normalized spacial score (nSPS) is 22.5. The molecule has 1 saturated heterocycles. The Labute approximate surface area is 211 Å². The van der Waals surface area contributed by atoms with Crippen LogP contribution in [0.3, 0.4) is 0 Å². The number of hydrogen-bond donors (Lipinski definition) is 2. The van der Waals surface area contributed by atoms with E-state index < -0.39 is 17.7 Å². The number of anilines is 2. The van der Waals surface area contributed by atoms with Gasteiger partial charge in [-0.15, -0.1) is 0 Å². The van der Waals surface area contributed by atoms with Crippen LogP contribution < -0.4 is 25.0 Å². The van der Waals surface area contributed by atoms with Gasteiger partial charge < -0.3 is 20.1 Å². The van der Waals surface area contributed by atoms with Gasteiger partial charge in [-0.3, -0.25) is 9.69 Å². The van der Waals surface area contributed by atoms with Gasteiger partial charge in [0.15, 0.2) is 22.3 Å². The van der Waals surface area contributed by atoms with Gasteiger partial charge in [-0.2, -0.15) is 0 Å². The van der Waals surface area contributed by atoms with Gasteiger partial charge in [0.2, 0.25) is 5.91 Å². The lowest BCUT2D eigenvalue weighted by Crippen LogP contribution is -2.72. The van der Waals surface area contributed by atoms with E-state index in [1.807, 2.05) is 87.2 Å². The van der Waals surface area contributed by atoms with E-state index in [0.29, 0.717) is 16.6 Å². The van der Waals surface area contributed by atoms with E-state index in [2.05, 4.69) is 16.7 Å². The zero-order chi connectivity index (χ0) is 24.9. The number of nitrogens with one attached hydrogen (secondary N) is 2. The summed E-state index contributed by atoms with van der Waals surface area (Å²) in [6.07, 6.45) is 0. The number of para-hydroxylation sites is 2. The molecule has 3 aromatic carbocycles. The quantitative estimate of drug-likeness (QED) is 0.479. The van der Waals surface area contributed by atoms with Gasteiger partial charge >= 0.3 is 0 Å². The number of nitrogens with zero attached hydrogens (tertiary/aromatic N) is 1. The third kappa shape index (κ3) is 3.71. The largest absolute Gasteiger partial charge is 0.493 e. The predicted molar refractivity (Wildman–Crippen MR) is 142 cm³/mol. The molecule has 0 spiro atoms. The lowest BCUT2D eigenvalue weighted by atomic mass is 9.78. The van der Waals surface area contributed by atoms with Gasteiger partial charge in [0.1, 0.15) is 5.92 Å². The Morgan fingerprint density at radius 3 is 2.57 bits per heavy atom. The minimum absolute atomic E-state index is 0.147.